The molecular formula is C18H39Sn+. The third-order valence-corrected chi connectivity index (χ3v) is 13.2. The minimum atomic E-state index is -0.919. The van der Waals surface area contributed by atoms with Crippen molar-refractivity contribution in [3.63, 3.8) is 0 Å². The SMILES string of the molecule is CCC[CH2][Sn+]([CH2]CCC)[CH2]CCCCCCC(C)C. The third-order valence-electron chi connectivity index (χ3n) is 4.08. The van der Waals surface area contributed by atoms with Gasteiger partial charge < -0.3 is 0 Å². The summed E-state index contributed by atoms with van der Waals surface area (Å²) in [6.07, 6.45) is 14.9. The van der Waals surface area contributed by atoms with Crippen molar-refractivity contribution in [2.45, 2.75) is 105 Å². The zero-order valence-corrected chi connectivity index (χ0v) is 17.1. The predicted octanol–water partition coefficient (Wildman–Crippen LogP) is 7.08. The average Bonchev–Trinajstić information content (AvgIpc) is 2.39. The van der Waals surface area contributed by atoms with Crippen LogP contribution in [0.2, 0.25) is 13.3 Å². The fraction of sp³-hybridized carbons (Fsp3) is 1.00. The molecule has 0 amide bonds. The molecule has 0 fully saturated rings. The van der Waals surface area contributed by atoms with Gasteiger partial charge in [0.2, 0.25) is 0 Å². The molecule has 0 nitrogen and oxygen atoms in total. The van der Waals surface area contributed by atoms with Gasteiger partial charge in [0.1, 0.15) is 0 Å². The molecule has 0 unspecified atom stereocenters. The maximum absolute atomic E-state index is 2.36. The van der Waals surface area contributed by atoms with Gasteiger partial charge in [-0.05, 0) is 0 Å². The molecule has 0 aromatic heterocycles. The molecule has 114 valence electrons. The number of hydrogen-bond donors (Lipinski definition) is 0. The fourth-order valence-electron chi connectivity index (χ4n) is 2.69. The summed E-state index contributed by atoms with van der Waals surface area (Å²) in [6.45, 7) is 9.41. The summed E-state index contributed by atoms with van der Waals surface area (Å²) in [7, 11) is 0. The first kappa shape index (κ1) is 19.8. The number of rotatable bonds is 14. The monoisotopic (exact) mass is 375 g/mol. The first-order valence-electron chi connectivity index (χ1n) is 9.04. The van der Waals surface area contributed by atoms with Gasteiger partial charge in [0.25, 0.3) is 0 Å². The molecule has 0 aromatic carbocycles. The topological polar surface area (TPSA) is 0 Å². The van der Waals surface area contributed by atoms with E-state index in [0.29, 0.717) is 0 Å². The van der Waals surface area contributed by atoms with Crippen LogP contribution < -0.4 is 0 Å². The van der Waals surface area contributed by atoms with E-state index in [-0.39, 0.29) is 0 Å². The third kappa shape index (κ3) is 15.0. The van der Waals surface area contributed by atoms with Gasteiger partial charge in [-0.2, -0.15) is 0 Å². The predicted molar refractivity (Wildman–Crippen MR) is 92.5 cm³/mol. The summed E-state index contributed by atoms with van der Waals surface area (Å²) in [6, 6.07) is 0. The Hall–Kier alpha value is 0.799. The molecule has 0 aromatic rings. The molecule has 0 aliphatic carbocycles. The quantitative estimate of drug-likeness (QED) is 0.225. The summed E-state index contributed by atoms with van der Waals surface area (Å²) in [5.74, 6) is 0.906. The molecule has 19 heavy (non-hydrogen) atoms. The molecule has 0 radical (unpaired) electrons. The van der Waals surface area contributed by atoms with Crippen LogP contribution in [0.15, 0.2) is 0 Å². The van der Waals surface area contributed by atoms with E-state index in [1.807, 2.05) is 0 Å². The van der Waals surface area contributed by atoms with Crippen LogP contribution in [0.25, 0.3) is 0 Å². The Balaban J connectivity index is 3.45. The number of hydrogen-bond acceptors (Lipinski definition) is 0. The van der Waals surface area contributed by atoms with Gasteiger partial charge in [0, 0.05) is 0 Å². The van der Waals surface area contributed by atoms with E-state index in [1.54, 1.807) is 19.7 Å². The maximum atomic E-state index is 2.36. The first-order valence-corrected chi connectivity index (χ1v) is 15.1. The number of unbranched alkanes of at least 4 members (excludes halogenated alkanes) is 6. The molecule has 0 rings (SSSR count). The van der Waals surface area contributed by atoms with E-state index >= 15 is 0 Å². The summed E-state index contributed by atoms with van der Waals surface area (Å²) in [5.41, 5.74) is 0. The molecule has 0 heterocycles. The zero-order valence-electron chi connectivity index (χ0n) is 14.3. The molecule has 0 saturated heterocycles. The Morgan fingerprint density at radius 3 is 1.63 bits per heavy atom. The Labute approximate surface area is 130 Å². The molecule has 0 N–H and O–H groups in total. The van der Waals surface area contributed by atoms with Crippen molar-refractivity contribution in [1.82, 2.24) is 0 Å². The van der Waals surface area contributed by atoms with E-state index in [1.165, 1.54) is 57.8 Å². The van der Waals surface area contributed by atoms with E-state index in [2.05, 4.69) is 27.7 Å². The zero-order chi connectivity index (χ0) is 14.3. The Kier molecular flexibility index (Phi) is 15.8. The van der Waals surface area contributed by atoms with E-state index in [0.717, 1.165) is 5.92 Å². The van der Waals surface area contributed by atoms with E-state index in [9.17, 15) is 0 Å². The van der Waals surface area contributed by atoms with Gasteiger partial charge in [-0.15, -0.1) is 0 Å². The van der Waals surface area contributed by atoms with Crippen molar-refractivity contribution in [3.8, 4) is 0 Å². The standard InChI is InChI=1S/C10H21.2C4H9.Sn/c1-4-5-6-7-8-9-10(2)3;2*1-3-4-2;/h10H,1,4-9H2,2-3H3;2*1,3-4H2,2H3;/q;;;+1. The Morgan fingerprint density at radius 1 is 0.632 bits per heavy atom. The first-order chi connectivity index (χ1) is 9.20. The van der Waals surface area contributed by atoms with Gasteiger partial charge in [0.05, 0.1) is 0 Å². The molecule has 0 spiro atoms. The van der Waals surface area contributed by atoms with Gasteiger partial charge in [0.15, 0.2) is 0 Å². The van der Waals surface area contributed by atoms with Crippen LogP contribution in [0.1, 0.15) is 91.9 Å². The van der Waals surface area contributed by atoms with Crippen LogP contribution in [-0.2, 0) is 0 Å². The molecule has 0 aliphatic heterocycles. The van der Waals surface area contributed by atoms with E-state index in [4.69, 9.17) is 0 Å². The van der Waals surface area contributed by atoms with E-state index < -0.39 is 19.8 Å². The molecule has 1 heteroatoms. The van der Waals surface area contributed by atoms with Gasteiger partial charge in [-0.1, -0.05) is 0 Å². The van der Waals surface area contributed by atoms with Crippen LogP contribution in [-0.4, -0.2) is 19.8 Å². The van der Waals surface area contributed by atoms with Crippen molar-refractivity contribution in [3.05, 3.63) is 0 Å². The average molecular weight is 374 g/mol. The Morgan fingerprint density at radius 2 is 1.11 bits per heavy atom. The van der Waals surface area contributed by atoms with Crippen molar-refractivity contribution >= 4 is 19.8 Å². The molecular weight excluding hydrogens is 335 g/mol. The second-order valence-corrected chi connectivity index (χ2v) is 15.2. The van der Waals surface area contributed by atoms with Crippen molar-refractivity contribution in [2.75, 3.05) is 0 Å². The second-order valence-electron chi connectivity index (χ2n) is 6.66. The second kappa shape index (κ2) is 15.2. The van der Waals surface area contributed by atoms with Crippen molar-refractivity contribution < 1.29 is 0 Å². The molecule has 0 aliphatic rings. The molecule has 0 atom stereocenters. The van der Waals surface area contributed by atoms with Crippen LogP contribution in [0.5, 0.6) is 0 Å². The summed E-state index contributed by atoms with van der Waals surface area (Å²) >= 11 is -0.919. The van der Waals surface area contributed by atoms with Crippen molar-refractivity contribution in [2.24, 2.45) is 5.92 Å². The summed E-state index contributed by atoms with van der Waals surface area (Å²) in [4.78, 5) is 0. The van der Waals surface area contributed by atoms with Crippen LogP contribution >= 0.6 is 0 Å². The molecule has 0 saturated carbocycles. The van der Waals surface area contributed by atoms with Gasteiger partial charge >= 0.3 is 131 Å². The Bertz CT molecular complexity index is 157. The summed E-state index contributed by atoms with van der Waals surface area (Å²) < 4.78 is 5.07. The summed E-state index contributed by atoms with van der Waals surface area (Å²) in [5, 5.41) is 0. The van der Waals surface area contributed by atoms with Crippen LogP contribution in [0.3, 0.4) is 0 Å². The van der Waals surface area contributed by atoms with Crippen LogP contribution in [0.4, 0.5) is 0 Å². The normalized spacial score (nSPS) is 11.2. The fourth-order valence-corrected chi connectivity index (χ4v) is 11.8. The van der Waals surface area contributed by atoms with Gasteiger partial charge in [-0.25, -0.2) is 0 Å². The molecule has 0 bridgehead atoms. The van der Waals surface area contributed by atoms with Gasteiger partial charge in [-0.3, -0.25) is 0 Å². The van der Waals surface area contributed by atoms with Crippen molar-refractivity contribution in [1.29, 1.82) is 0 Å². The minimum absolute atomic E-state index is 0.906. The van der Waals surface area contributed by atoms with Crippen LogP contribution in [0, 0.1) is 5.92 Å².